The van der Waals surface area contributed by atoms with E-state index in [1.165, 1.54) is 18.3 Å². The number of pyridine rings is 1. The highest BCUT2D eigenvalue weighted by molar-refractivity contribution is 5.41. The molecule has 1 aromatic heterocycles. The minimum absolute atomic E-state index is 0.252. The van der Waals surface area contributed by atoms with Gasteiger partial charge < -0.3 is 5.32 Å². The van der Waals surface area contributed by atoms with Crippen molar-refractivity contribution in [3.63, 3.8) is 0 Å². The topological polar surface area (TPSA) is 24.9 Å². The van der Waals surface area contributed by atoms with Crippen LogP contribution in [0.25, 0.3) is 0 Å². The quantitative estimate of drug-likeness (QED) is 0.824. The first-order chi connectivity index (χ1) is 8.15. The van der Waals surface area contributed by atoms with Crippen LogP contribution in [0.5, 0.6) is 0 Å². The summed E-state index contributed by atoms with van der Waals surface area (Å²) >= 11 is 0. The molecule has 0 bridgehead atoms. The van der Waals surface area contributed by atoms with Gasteiger partial charge in [-0.15, -0.1) is 0 Å². The highest BCUT2D eigenvalue weighted by Gasteiger charge is 2.02. The minimum Gasteiger partial charge on any atom is -0.380 e. The van der Waals surface area contributed by atoms with Crippen molar-refractivity contribution in [3.8, 4) is 0 Å². The van der Waals surface area contributed by atoms with Crippen LogP contribution in [-0.2, 0) is 6.54 Å². The monoisotopic (exact) mass is 234 g/mol. The molecule has 0 fully saturated rings. The fourth-order valence-corrected chi connectivity index (χ4v) is 1.52. The molecule has 1 aromatic carbocycles. The van der Waals surface area contributed by atoms with Crippen LogP contribution in [0, 0.1) is 18.7 Å². The van der Waals surface area contributed by atoms with Crippen molar-refractivity contribution in [2.45, 2.75) is 13.5 Å². The molecule has 0 aliphatic heterocycles. The molecule has 1 N–H and O–H groups in total. The zero-order chi connectivity index (χ0) is 12.3. The van der Waals surface area contributed by atoms with Crippen LogP contribution in [0.3, 0.4) is 0 Å². The number of nitrogens with zero attached hydrogens (tertiary/aromatic N) is 1. The summed E-state index contributed by atoms with van der Waals surface area (Å²) in [6.07, 6.45) is 1.38. The minimum atomic E-state index is -0.530. The van der Waals surface area contributed by atoms with Gasteiger partial charge in [-0.25, -0.2) is 9.37 Å². The Morgan fingerprint density at radius 3 is 2.71 bits per heavy atom. The van der Waals surface area contributed by atoms with Gasteiger partial charge in [-0.2, -0.15) is 4.39 Å². The second kappa shape index (κ2) is 4.91. The van der Waals surface area contributed by atoms with Gasteiger partial charge in [0.2, 0.25) is 5.95 Å². The number of aromatic nitrogens is 1. The molecule has 0 saturated heterocycles. The molecule has 0 saturated carbocycles. The summed E-state index contributed by atoms with van der Waals surface area (Å²) in [6, 6.07) is 7.76. The molecule has 0 atom stereocenters. The smallest absolute Gasteiger partial charge is 0.212 e. The Morgan fingerprint density at radius 2 is 2.00 bits per heavy atom. The molecule has 4 heteroatoms. The van der Waals surface area contributed by atoms with Crippen LogP contribution in [0.15, 0.2) is 36.5 Å². The van der Waals surface area contributed by atoms with Gasteiger partial charge in [0.05, 0.1) is 11.9 Å². The van der Waals surface area contributed by atoms with Crippen LogP contribution in [0.2, 0.25) is 0 Å². The zero-order valence-corrected chi connectivity index (χ0v) is 9.37. The summed E-state index contributed by atoms with van der Waals surface area (Å²) < 4.78 is 26.0. The molecule has 0 unspecified atom stereocenters. The molecule has 0 spiro atoms. The maximum Gasteiger partial charge on any atom is 0.212 e. The molecule has 0 aliphatic carbocycles. The van der Waals surface area contributed by atoms with E-state index in [2.05, 4.69) is 10.3 Å². The lowest BCUT2D eigenvalue weighted by Gasteiger charge is -2.07. The highest BCUT2D eigenvalue weighted by Crippen LogP contribution is 2.13. The maximum absolute atomic E-state index is 13.4. The largest absolute Gasteiger partial charge is 0.380 e. The van der Waals surface area contributed by atoms with Crippen LogP contribution < -0.4 is 5.32 Å². The van der Waals surface area contributed by atoms with Gasteiger partial charge in [0, 0.05) is 12.1 Å². The molecular formula is C13H12F2N2. The van der Waals surface area contributed by atoms with Crippen molar-refractivity contribution < 1.29 is 8.78 Å². The van der Waals surface area contributed by atoms with Crippen molar-refractivity contribution in [3.05, 3.63) is 59.4 Å². The molecule has 0 radical (unpaired) electrons. The standard InChI is InChI=1S/C13H12F2N2/c1-9-2-4-12(14)10(6-9)7-16-11-3-5-13(15)17-8-11/h2-6,8,16H,7H2,1H3. The number of hydrogen-bond donors (Lipinski definition) is 1. The number of aryl methyl sites for hydroxylation is 1. The molecule has 1 heterocycles. The third-order valence-electron chi connectivity index (χ3n) is 2.41. The Hall–Kier alpha value is -1.97. The highest BCUT2D eigenvalue weighted by atomic mass is 19.1. The Bertz CT molecular complexity index is 509. The summed E-state index contributed by atoms with van der Waals surface area (Å²) in [7, 11) is 0. The summed E-state index contributed by atoms with van der Waals surface area (Å²) in [6.45, 7) is 2.25. The van der Waals surface area contributed by atoms with Gasteiger partial charge in [0.15, 0.2) is 0 Å². The average molecular weight is 234 g/mol. The first-order valence-electron chi connectivity index (χ1n) is 5.25. The third-order valence-corrected chi connectivity index (χ3v) is 2.41. The van der Waals surface area contributed by atoms with Crippen molar-refractivity contribution in [2.75, 3.05) is 5.32 Å². The van der Waals surface area contributed by atoms with Gasteiger partial charge in [0.1, 0.15) is 5.82 Å². The number of nitrogens with one attached hydrogen (secondary N) is 1. The number of anilines is 1. The molecule has 0 aliphatic rings. The first-order valence-corrected chi connectivity index (χ1v) is 5.25. The second-order valence-electron chi connectivity index (χ2n) is 3.82. The van der Waals surface area contributed by atoms with E-state index >= 15 is 0 Å². The maximum atomic E-state index is 13.4. The van der Waals surface area contributed by atoms with Gasteiger partial charge in [0.25, 0.3) is 0 Å². The van der Waals surface area contributed by atoms with E-state index in [1.54, 1.807) is 18.2 Å². The fraction of sp³-hybridized carbons (Fsp3) is 0.154. The van der Waals surface area contributed by atoms with Gasteiger partial charge in [-0.3, -0.25) is 0 Å². The van der Waals surface area contributed by atoms with E-state index in [1.807, 2.05) is 6.92 Å². The molecule has 2 aromatic rings. The SMILES string of the molecule is Cc1ccc(F)c(CNc2ccc(F)nc2)c1. The second-order valence-corrected chi connectivity index (χ2v) is 3.82. The van der Waals surface area contributed by atoms with E-state index in [-0.39, 0.29) is 5.82 Å². The van der Waals surface area contributed by atoms with E-state index in [0.717, 1.165) is 5.56 Å². The number of benzene rings is 1. The zero-order valence-electron chi connectivity index (χ0n) is 9.37. The third kappa shape index (κ3) is 3.00. The lowest BCUT2D eigenvalue weighted by molar-refractivity contribution is 0.584. The predicted molar refractivity (Wildman–Crippen MR) is 62.7 cm³/mol. The Balaban J connectivity index is 2.07. The normalized spacial score (nSPS) is 10.3. The van der Waals surface area contributed by atoms with Crippen LogP contribution >= 0.6 is 0 Å². The van der Waals surface area contributed by atoms with Crippen molar-refractivity contribution in [1.29, 1.82) is 0 Å². The van der Waals surface area contributed by atoms with Crippen LogP contribution in [0.4, 0.5) is 14.5 Å². The summed E-state index contributed by atoms with van der Waals surface area (Å²) in [4.78, 5) is 3.51. The van der Waals surface area contributed by atoms with Crippen molar-refractivity contribution in [2.24, 2.45) is 0 Å². The summed E-state index contributed by atoms with van der Waals surface area (Å²) in [5, 5.41) is 2.99. The lowest BCUT2D eigenvalue weighted by atomic mass is 10.1. The number of halogens is 2. The fourth-order valence-electron chi connectivity index (χ4n) is 1.52. The van der Waals surface area contributed by atoms with Crippen LogP contribution in [0.1, 0.15) is 11.1 Å². The van der Waals surface area contributed by atoms with Crippen LogP contribution in [-0.4, -0.2) is 4.98 Å². The summed E-state index contributed by atoms with van der Waals surface area (Å²) in [5.41, 5.74) is 2.24. The number of rotatable bonds is 3. The Labute approximate surface area is 98.3 Å². The van der Waals surface area contributed by atoms with E-state index in [0.29, 0.717) is 17.8 Å². The van der Waals surface area contributed by atoms with E-state index in [9.17, 15) is 8.78 Å². The van der Waals surface area contributed by atoms with Crippen molar-refractivity contribution in [1.82, 2.24) is 4.98 Å². The molecular weight excluding hydrogens is 222 g/mol. The predicted octanol–water partition coefficient (Wildman–Crippen LogP) is 3.28. The summed E-state index contributed by atoms with van der Waals surface area (Å²) in [5.74, 6) is -0.782. The van der Waals surface area contributed by atoms with E-state index < -0.39 is 5.95 Å². The molecule has 17 heavy (non-hydrogen) atoms. The van der Waals surface area contributed by atoms with Crippen molar-refractivity contribution >= 4 is 5.69 Å². The number of hydrogen-bond acceptors (Lipinski definition) is 2. The Morgan fingerprint density at radius 1 is 1.18 bits per heavy atom. The molecule has 2 nitrogen and oxygen atoms in total. The van der Waals surface area contributed by atoms with Gasteiger partial charge >= 0.3 is 0 Å². The first kappa shape index (κ1) is 11.5. The van der Waals surface area contributed by atoms with E-state index in [4.69, 9.17) is 0 Å². The average Bonchev–Trinajstić information content (AvgIpc) is 2.32. The van der Waals surface area contributed by atoms with Gasteiger partial charge in [-0.1, -0.05) is 17.7 Å². The molecule has 2 rings (SSSR count). The molecule has 0 amide bonds. The molecule has 88 valence electrons. The lowest BCUT2D eigenvalue weighted by Crippen LogP contribution is -2.02. The Kier molecular flexibility index (Phi) is 3.32. The van der Waals surface area contributed by atoms with Gasteiger partial charge in [-0.05, 0) is 25.1 Å².